The molecule has 100 valence electrons. The average molecular weight is 245 g/mol. The van der Waals surface area contributed by atoms with Crippen molar-refractivity contribution in [3.8, 4) is 0 Å². The fourth-order valence-electron chi connectivity index (χ4n) is 1.69. The molecule has 0 spiro atoms. The second-order valence-corrected chi connectivity index (χ2v) is 4.41. The van der Waals surface area contributed by atoms with Crippen LogP contribution >= 0.6 is 0 Å². The Hall–Kier alpha value is -0.650. The summed E-state index contributed by atoms with van der Waals surface area (Å²) in [6.45, 7) is 6.00. The molecule has 1 saturated heterocycles. The van der Waals surface area contributed by atoms with Gasteiger partial charge in [0.25, 0.3) is 0 Å². The zero-order chi connectivity index (χ0) is 12.7. The molecule has 0 amide bonds. The molecule has 5 nitrogen and oxygen atoms in total. The first-order valence-corrected chi connectivity index (χ1v) is 6.18. The van der Waals surface area contributed by atoms with Crippen molar-refractivity contribution in [1.82, 2.24) is 5.32 Å². The summed E-state index contributed by atoms with van der Waals surface area (Å²) in [6.07, 6.45) is 1.72. The molecule has 1 rings (SSSR count). The lowest BCUT2D eigenvalue weighted by molar-refractivity contribution is -0.151. The van der Waals surface area contributed by atoms with E-state index in [1.165, 1.54) is 0 Å². The van der Waals surface area contributed by atoms with E-state index in [1.54, 1.807) is 14.0 Å². The number of nitrogens with one attached hydrogen (secondary N) is 1. The number of ether oxygens (including phenoxy) is 3. The second kappa shape index (κ2) is 6.93. The van der Waals surface area contributed by atoms with Crippen molar-refractivity contribution in [2.75, 3.05) is 33.5 Å². The topological polar surface area (TPSA) is 56.8 Å². The first-order valence-electron chi connectivity index (χ1n) is 6.18. The molecule has 0 aromatic carbocycles. The predicted molar refractivity (Wildman–Crippen MR) is 63.9 cm³/mol. The molecule has 0 aromatic rings. The van der Waals surface area contributed by atoms with Crippen LogP contribution in [0.2, 0.25) is 0 Å². The van der Waals surface area contributed by atoms with Crippen molar-refractivity contribution in [2.45, 2.75) is 38.3 Å². The van der Waals surface area contributed by atoms with E-state index in [4.69, 9.17) is 14.2 Å². The van der Waals surface area contributed by atoms with Gasteiger partial charge in [0.2, 0.25) is 0 Å². The van der Waals surface area contributed by atoms with Gasteiger partial charge in [0.1, 0.15) is 5.54 Å². The molecule has 0 aliphatic carbocycles. The highest BCUT2D eigenvalue weighted by atomic mass is 16.5. The highest BCUT2D eigenvalue weighted by molar-refractivity contribution is 5.80. The maximum absolute atomic E-state index is 11.8. The molecular formula is C12H23NO4. The van der Waals surface area contributed by atoms with E-state index in [0.717, 1.165) is 13.0 Å². The van der Waals surface area contributed by atoms with Gasteiger partial charge in [0.05, 0.1) is 19.3 Å². The third-order valence-electron chi connectivity index (χ3n) is 3.12. The summed E-state index contributed by atoms with van der Waals surface area (Å²) in [7, 11) is 1.76. The van der Waals surface area contributed by atoms with E-state index in [-0.39, 0.29) is 12.1 Å². The van der Waals surface area contributed by atoms with E-state index in [1.807, 2.05) is 6.92 Å². The van der Waals surface area contributed by atoms with Crippen LogP contribution in [0.3, 0.4) is 0 Å². The zero-order valence-electron chi connectivity index (χ0n) is 11.0. The standard InChI is InChI=1S/C12H23NO4/c1-4-16-11(14)12(2,13-3)6-8-17-10-5-7-15-9-10/h10,13H,4-9H2,1-3H3. The Morgan fingerprint density at radius 2 is 2.35 bits per heavy atom. The normalized spacial score (nSPS) is 23.4. The van der Waals surface area contributed by atoms with Crippen molar-refractivity contribution < 1.29 is 19.0 Å². The summed E-state index contributed by atoms with van der Waals surface area (Å²) in [5.74, 6) is -0.228. The van der Waals surface area contributed by atoms with Crippen molar-refractivity contribution in [3.05, 3.63) is 0 Å². The smallest absolute Gasteiger partial charge is 0.326 e. The van der Waals surface area contributed by atoms with E-state index < -0.39 is 5.54 Å². The minimum absolute atomic E-state index is 0.179. The molecule has 1 N–H and O–H groups in total. The second-order valence-electron chi connectivity index (χ2n) is 4.41. The maximum atomic E-state index is 11.8. The molecule has 0 aromatic heterocycles. The van der Waals surface area contributed by atoms with Gasteiger partial charge in [-0.15, -0.1) is 0 Å². The Morgan fingerprint density at radius 3 is 2.88 bits per heavy atom. The van der Waals surface area contributed by atoms with Gasteiger partial charge in [-0.1, -0.05) is 0 Å². The number of likely N-dealkylation sites (N-methyl/N-ethyl adjacent to an activating group) is 1. The third-order valence-corrected chi connectivity index (χ3v) is 3.12. The Balaban J connectivity index is 2.31. The van der Waals surface area contributed by atoms with Gasteiger partial charge in [0.15, 0.2) is 0 Å². The number of hydrogen-bond donors (Lipinski definition) is 1. The molecule has 1 fully saturated rings. The number of rotatable bonds is 7. The van der Waals surface area contributed by atoms with Crippen molar-refractivity contribution in [2.24, 2.45) is 0 Å². The minimum Gasteiger partial charge on any atom is -0.465 e. The van der Waals surface area contributed by atoms with Crippen LogP contribution < -0.4 is 5.32 Å². The average Bonchev–Trinajstić information content (AvgIpc) is 2.82. The molecule has 5 heteroatoms. The monoisotopic (exact) mass is 245 g/mol. The van der Waals surface area contributed by atoms with Gasteiger partial charge >= 0.3 is 5.97 Å². The molecule has 1 heterocycles. The van der Waals surface area contributed by atoms with Gasteiger partial charge in [-0.2, -0.15) is 0 Å². The van der Waals surface area contributed by atoms with Crippen LogP contribution in [0.15, 0.2) is 0 Å². The van der Waals surface area contributed by atoms with Gasteiger partial charge in [0, 0.05) is 13.2 Å². The predicted octanol–water partition coefficient (Wildman–Crippen LogP) is 0.723. The molecule has 1 aliphatic heterocycles. The van der Waals surface area contributed by atoms with Crippen LogP contribution in [0.1, 0.15) is 26.7 Å². The summed E-state index contributed by atoms with van der Waals surface area (Å²) >= 11 is 0. The van der Waals surface area contributed by atoms with Crippen molar-refractivity contribution in [1.29, 1.82) is 0 Å². The quantitative estimate of drug-likeness (QED) is 0.670. The molecule has 0 saturated carbocycles. The number of carbonyl (C=O) groups excluding carboxylic acids is 1. The van der Waals surface area contributed by atoms with E-state index >= 15 is 0 Å². The number of carbonyl (C=O) groups is 1. The summed E-state index contributed by atoms with van der Waals surface area (Å²) in [6, 6.07) is 0. The van der Waals surface area contributed by atoms with Crippen LogP contribution in [0.5, 0.6) is 0 Å². The Kier molecular flexibility index (Phi) is 5.88. The lowest BCUT2D eigenvalue weighted by atomic mass is 9.99. The highest BCUT2D eigenvalue weighted by Gasteiger charge is 2.33. The van der Waals surface area contributed by atoms with Crippen molar-refractivity contribution in [3.63, 3.8) is 0 Å². The van der Waals surface area contributed by atoms with Gasteiger partial charge in [-0.3, -0.25) is 4.79 Å². The van der Waals surface area contributed by atoms with Crippen LogP contribution in [0.4, 0.5) is 0 Å². The first-order chi connectivity index (χ1) is 8.12. The summed E-state index contributed by atoms with van der Waals surface area (Å²) in [4.78, 5) is 11.8. The Labute approximate surface area is 103 Å². The maximum Gasteiger partial charge on any atom is 0.326 e. The fraction of sp³-hybridized carbons (Fsp3) is 0.917. The van der Waals surface area contributed by atoms with E-state index in [2.05, 4.69) is 5.32 Å². The fourth-order valence-corrected chi connectivity index (χ4v) is 1.69. The van der Waals surface area contributed by atoms with Crippen LogP contribution in [0, 0.1) is 0 Å². The summed E-state index contributed by atoms with van der Waals surface area (Å²) < 4.78 is 15.9. The number of hydrogen-bond acceptors (Lipinski definition) is 5. The lowest BCUT2D eigenvalue weighted by Gasteiger charge is -2.27. The SMILES string of the molecule is CCOC(=O)C(C)(CCOC1CCOC1)NC. The molecule has 17 heavy (non-hydrogen) atoms. The van der Waals surface area contributed by atoms with Gasteiger partial charge < -0.3 is 19.5 Å². The number of esters is 1. The van der Waals surface area contributed by atoms with Gasteiger partial charge in [-0.25, -0.2) is 0 Å². The Morgan fingerprint density at radius 1 is 1.59 bits per heavy atom. The zero-order valence-corrected chi connectivity index (χ0v) is 11.0. The summed E-state index contributed by atoms with van der Waals surface area (Å²) in [5, 5.41) is 3.00. The first kappa shape index (κ1) is 14.4. The largest absolute Gasteiger partial charge is 0.465 e. The Bertz CT molecular complexity index is 241. The molecule has 0 radical (unpaired) electrons. The molecule has 1 aliphatic rings. The molecule has 2 unspecified atom stereocenters. The van der Waals surface area contributed by atoms with E-state index in [0.29, 0.717) is 26.2 Å². The molecule has 0 bridgehead atoms. The van der Waals surface area contributed by atoms with Crippen LogP contribution in [-0.4, -0.2) is 51.1 Å². The van der Waals surface area contributed by atoms with Crippen LogP contribution in [-0.2, 0) is 19.0 Å². The van der Waals surface area contributed by atoms with Gasteiger partial charge in [-0.05, 0) is 33.7 Å². The van der Waals surface area contributed by atoms with Crippen molar-refractivity contribution >= 4 is 5.97 Å². The third kappa shape index (κ3) is 4.26. The molecule has 2 atom stereocenters. The lowest BCUT2D eigenvalue weighted by Crippen LogP contribution is -2.49. The highest BCUT2D eigenvalue weighted by Crippen LogP contribution is 2.14. The van der Waals surface area contributed by atoms with Crippen LogP contribution in [0.25, 0.3) is 0 Å². The van der Waals surface area contributed by atoms with E-state index in [9.17, 15) is 4.79 Å². The molecular weight excluding hydrogens is 222 g/mol. The summed E-state index contributed by atoms with van der Waals surface area (Å²) in [5.41, 5.74) is -0.671. The minimum atomic E-state index is -0.671.